The van der Waals surface area contributed by atoms with E-state index in [1.807, 2.05) is 65.7 Å². The van der Waals surface area contributed by atoms with Gasteiger partial charge in [-0.3, -0.25) is 4.79 Å². The van der Waals surface area contributed by atoms with Crippen LogP contribution in [-0.4, -0.2) is 52.7 Å². The number of ether oxygens (including phenoxy) is 2. The molecule has 1 spiro atoms. The minimum atomic E-state index is -0.495. The Morgan fingerprint density at radius 3 is 2.30 bits per heavy atom. The highest BCUT2D eigenvalue weighted by atomic mass is 16.7. The van der Waals surface area contributed by atoms with Crippen molar-refractivity contribution < 1.29 is 14.3 Å². The van der Waals surface area contributed by atoms with Gasteiger partial charge in [0.1, 0.15) is 5.69 Å². The first-order chi connectivity index (χ1) is 14.6. The van der Waals surface area contributed by atoms with E-state index in [9.17, 15) is 4.79 Å². The molecule has 3 heterocycles. The number of benzene rings is 2. The first-order valence-corrected chi connectivity index (χ1v) is 10.4. The van der Waals surface area contributed by atoms with Gasteiger partial charge in [0.05, 0.1) is 24.5 Å². The number of aryl methyl sites for hydroxylation is 1. The van der Waals surface area contributed by atoms with Crippen LogP contribution in [0, 0.1) is 6.92 Å². The summed E-state index contributed by atoms with van der Waals surface area (Å²) in [5, 5.41) is 4.79. The van der Waals surface area contributed by atoms with Crippen LogP contribution < -0.4 is 0 Å². The smallest absolute Gasteiger partial charge is 0.257 e. The highest BCUT2D eigenvalue weighted by Crippen LogP contribution is 2.33. The van der Waals surface area contributed by atoms with Crippen LogP contribution in [0.15, 0.2) is 60.8 Å². The summed E-state index contributed by atoms with van der Waals surface area (Å²) in [6.45, 7) is 4.55. The summed E-state index contributed by atoms with van der Waals surface area (Å²) in [5.41, 5.74) is 4.37. The Labute approximate surface area is 176 Å². The van der Waals surface area contributed by atoms with Crippen molar-refractivity contribution in [2.75, 3.05) is 26.3 Å². The van der Waals surface area contributed by atoms with E-state index in [1.54, 1.807) is 4.68 Å². The third-order valence-electron chi connectivity index (χ3n) is 5.92. The summed E-state index contributed by atoms with van der Waals surface area (Å²) in [7, 11) is 0. The van der Waals surface area contributed by atoms with Gasteiger partial charge >= 0.3 is 0 Å². The van der Waals surface area contributed by atoms with E-state index in [4.69, 9.17) is 14.6 Å². The zero-order valence-electron chi connectivity index (χ0n) is 17.1. The monoisotopic (exact) mass is 403 g/mol. The van der Waals surface area contributed by atoms with Crippen LogP contribution in [0.5, 0.6) is 0 Å². The normalized spacial score (nSPS) is 18.1. The van der Waals surface area contributed by atoms with Crippen molar-refractivity contribution in [2.24, 2.45) is 0 Å². The van der Waals surface area contributed by atoms with Crippen molar-refractivity contribution in [1.82, 2.24) is 14.7 Å². The number of carbonyl (C=O) groups excluding carboxylic acids is 1. The third-order valence-corrected chi connectivity index (χ3v) is 5.92. The summed E-state index contributed by atoms with van der Waals surface area (Å²) < 4.78 is 13.4. The van der Waals surface area contributed by atoms with E-state index < -0.39 is 5.79 Å². The molecule has 6 heteroatoms. The minimum absolute atomic E-state index is 0.0000571. The predicted octanol–water partition coefficient (Wildman–Crippen LogP) is 3.83. The van der Waals surface area contributed by atoms with E-state index in [1.165, 1.54) is 5.56 Å². The molecule has 2 saturated heterocycles. The van der Waals surface area contributed by atoms with Crippen LogP contribution in [0.1, 0.15) is 28.8 Å². The largest absolute Gasteiger partial charge is 0.347 e. The van der Waals surface area contributed by atoms with Gasteiger partial charge in [0, 0.05) is 37.7 Å². The number of hydrogen-bond acceptors (Lipinski definition) is 4. The van der Waals surface area contributed by atoms with Crippen LogP contribution in [0.2, 0.25) is 0 Å². The van der Waals surface area contributed by atoms with Gasteiger partial charge in [-0.05, 0) is 19.1 Å². The van der Waals surface area contributed by atoms with E-state index in [0.29, 0.717) is 50.4 Å². The SMILES string of the molecule is Cc1ccc(-n2cc(C(=O)N3CCC4(CC3)OCCO4)c(-c3ccccc3)n2)cc1. The van der Waals surface area contributed by atoms with Crippen LogP contribution in [0.25, 0.3) is 16.9 Å². The third kappa shape index (κ3) is 3.53. The summed E-state index contributed by atoms with van der Waals surface area (Å²) in [5.74, 6) is -0.495. The number of amides is 1. The Bertz CT molecular complexity index is 1030. The number of likely N-dealkylation sites (tertiary alicyclic amines) is 1. The van der Waals surface area contributed by atoms with Crippen molar-refractivity contribution in [1.29, 1.82) is 0 Å². The van der Waals surface area contributed by atoms with Crippen LogP contribution in [0.3, 0.4) is 0 Å². The first-order valence-electron chi connectivity index (χ1n) is 10.4. The molecule has 1 amide bonds. The van der Waals surface area contributed by atoms with Crippen molar-refractivity contribution in [3.63, 3.8) is 0 Å². The standard InChI is InChI=1S/C24H25N3O3/c1-18-7-9-20(10-8-18)27-17-21(22(25-27)19-5-3-2-4-6-19)23(28)26-13-11-24(12-14-26)29-15-16-30-24/h2-10,17H,11-16H2,1H3. The molecule has 2 aliphatic rings. The summed E-state index contributed by atoms with van der Waals surface area (Å²) in [6.07, 6.45) is 3.25. The van der Waals surface area contributed by atoms with Crippen molar-refractivity contribution in [2.45, 2.75) is 25.6 Å². The lowest BCUT2D eigenvalue weighted by Crippen LogP contribution is -2.47. The fourth-order valence-electron chi connectivity index (χ4n) is 4.18. The maximum absolute atomic E-state index is 13.5. The van der Waals surface area contributed by atoms with Crippen LogP contribution in [0.4, 0.5) is 0 Å². The molecule has 2 fully saturated rings. The Morgan fingerprint density at radius 2 is 1.63 bits per heavy atom. The van der Waals surface area contributed by atoms with Crippen molar-refractivity contribution in [3.05, 3.63) is 71.9 Å². The fourth-order valence-corrected chi connectivity index (χ4v) is 4.18. The Hall–Kier alpha value is -2.96. The molecule has 0 aliphatic carbocycles. The Balaban J connectivity index is 1.47. The van der Waals surface area contributed by atoms with E-state index in [2.05, 4.69) is 6.92 Å². The number of nitrogens with zero attached hydrogens (tertiary/aromatic N) is 3. The highest BCUT2D eigenvalue weighted by molar-refractivity contribution is 6.00. The second-order valence-corrected chi connectivity index (χ2v) is 7.94. The molecular formula is C24H25N3O3. The molecular weight excluding hydrogens is 378 g/mol. The topological polar surface area (TPSA) is 56.6 Å². The van der Waals surface area contributed by atoms with Crippen LogP contribution in [-0.2, 0) is 9.47 Å². The molecule has 3 aromatic rings. The number of piperidine rings is 1. The average molecular weight is 403 g/mol. The molecule has 2 aromatic carbocycles. The molecule has 0 radical (unpaired) electrons. The predicted molar refractivity (Wildman–Crippen MR) is 114 cm³/mol. The Morgan fingerprint density at radius 1 is 0.967 bits per heavy atom. The van der Waals surface area contributed by atoms with E-state index in [0.717, 1.165) is 11.3 Å². The number of carbonyl (C=O) groups is 1. The fraction of sp³-hybridized carbons (Fsp3) is 0.333. The number of rotatable bonds is 3. The minimum Gasteiger partial charge on any atom is -0.347 e. The van der Waals surface area contributed by atoms with Gasteiger partial charge < -0.3 is 14.4 Å². The van der Waals surface area contributed by atoms with Crippen molar-refractivity contribution in [3.8, 4) is 16.9 Å². The zero-order valence-corrected chi connectivity index (χ0v) is 17.1. The molecule has 0 bridgehead atoms. The zero-order chi connectivity index (χ0) is 20.6. The maximum Gasteiger partial charge on any atom is 0.257 e. The molecule has 0 saturated carbocycles. The summed E-state index contributed by atoms with van der Waals surface area (Å²) >= 11 is 0. The molecule has 30 heavy (non-hydrogen) atoms. The molecule has 0 N–H and O–H groups in total. The molecule has 5 rings (SSSR count). The quantitative estimate of drug-likeness (QED) is 0.667. The lowest BCUT2D eigenvalue weighted by molar-refractivity contribution is -0.181. The number of aromatic nitrogens is 2. The second-order valence-electron chi connectivity index (χ2n) is 7.94. The molecule has 6 nitrogen and oxygen atoms in total. The van der Waals surface area contributed by atoms with Crippen LogP contribution >= 0.6 is 0 Å². The van der Waals surface area contributed by atoms with Gasteiger partial charge in [-0.25, -0.2) is 4.68 Å². The molecule has 0 unspecified atom stereocenters. The van der Waals surface area contributed by atoms with E-state index >= 15 is 0 Å². The van der Waals surface area contributed by atoms with E-state index in [-0.39, 0.29) is 5.91 Å². The lowest BCUT2D eigenvalue weighted by atomic mass is 10.0. The highest BCUT2D eigenvalue weighted by Gasteiger charge is 2.41. The first kappa shape index (κ1) is 19.0. The number of hydrogen-bond donors (Lipinski definition) is 0. The molecule has 0 atom stereocenters. The molecule has 1 aromatic heterocycles. The van der Waals surface area contributed by atoms with Gasteiger partial charge in [-0.1, -0.05) is 48.0 Å². The Kier molecular flexibility index (Phi) is 4.89. The maximum atomic E-state index is 13.5. The van der Waals surface area contributed by atoms with Gasteiger partial charge in [0.25, 0.3) is 5.91 Å². The molecule has 154 valence electrons. The molecule has 2 aliphatic heterocycles. The van der Waals surface area contributed by atoms with Gasteiger partial charge in [-0.2, -0.15) is 5.10 Å². The summed E-state index contributed by atoms with van der Waals surface area (Å²) in [4.78, 5) is 15.4. The lowest BCUT2D eigenvalue weighted by Gasteiger charge is -2.37. The van der Waals surface area contributed by atoms with Gasteiger partial charge in [-0.15, -0.1) is 0 Å². The van der Waals surface area contributed by atoms with Gasteiger partial charge in [0.15, 0.2) is 5.79 Å². The second kappa shape index (κ2) is 7.70. The summed E-state index contributed by atoms with van der Waals surface area (Å²) in [6, 6.07) is 18.0. The average Bonchev–Trinajstić information content (AvgIpc) is 3.43. The van der Waals surface area contributed by atoms with Crippen molar-refractivity contribution >= 4 is 5.91 Å². The van der Waals surface area contributed by atoms with Gasteiger partial charge in [0.2, 0.25) is 0 Å².